The first-order valence-electron chi connectivity index (χ1n) is 19.5. The standard InChI is InChI=1S/C22H25FN2O3.C12H17FN2O2.C10H10O2/c23-19-7-6-16(12-21(19)25-8-10-28-11-9-25)20(14-26)24-22(27)18-13-17(18)15-4-2-1-3-5-15;13-10-2-1-9(11(14)8-16)7-12(10)15-3-5-17-6-4-15;11-10(12)9-6-8(9)7-4-2-1-3-5-7/h1-7,12,17-18,20,26H,8-11,13-14H2,(H,24,27);1-2,7,11,16H,3-6,8,14H2;1-5,8-9H,6H2,(H,11,12)/t17?,18?,20-;11-;/m00./s1. The van der Waals surface area contributed by atoms with Gasteiger partial charge in [0.15, 0.2) is 0 Å². The molecule has 6 atom stereocenters. The second-order valence-corrected chi connectivity index (χ2v) is 14.7. The van der Waals surface area contributed by atoms with E-state index in [-0.39, 0.29) is 54.4 Å². The first-order chi connectivity index (χ1) is 27.7. The number of amides is 1. The molecule has 0 spiro atoms. The number of aliphatic hydroxyl groups excluding tert-OH is 2. The van der Waals surface area contributed by atoms with E-state index in [9.17, 15) is 23.5 Å². The summed E-state index contributed by atoms with van der Waals surface area (Å²) in [7, 11) is 0. The van der Waals surface area contributed by atoms with Crippen molar-refractivity contribution in [2.45, 2.75) is 36.8 Å². The average Bonchev–Trinajstić information content (AvgIpc) is 4.20. The lowest BCUT2D eigenvalue weighted by Gasteiger charge is -2.30. The van der Waals surface area contributed by atoms with Crippen LogP contribution in [0.15, 0.2) is 97.1 Å². The number of anilines is 2. The molecule has 57 heavy (non-hydrogen) atoms. The van der Waals surface area contributed by atoms with Crippen LogP contribution in [-0.2, 0) is 19.1 Å². The first-order valence-corrected chi connectivity index (χ1v) is 19.5. The predicted octanol–water partition coefficient (Wildman–Crippen LogP) is 5.14. The Morgan fingerprint density at radius 2 is 1.14 bits per heavy atom. The Bertz CT molecular complexity index is 1910. The average molecular weight is 787 g/mol. The van der Waals surface area contributed by atoms with E-state index < -0.39 is 18.1 Å². The number of carboxylic acids is 1. The third-order valence-electron chi connectivity index (χ3n) is 10.9. The first kappa shape index (κ1) is 41.7. The number of nitrogens with one attached hydrogen (secondary N) is 1. The molecule has 1 amide bonds. The molecule has 4 unspecified atom stereocenters. The van der Waals surface area contributed by atoms with E-state index in [0.29, 0.717) is 69.5 Å². The van der Waals surface area contributed by atoms with E-state index in [4.69, 9.17) is 25.4 Å². The Balaban J connectivity index is 0.000000160. The largest absolute Gasteiger partial charge is 0.481 e. The van der Waals surface area contributed by atoms with E-state index in [1.165, 1.54) is 17.7 Å². The monoisotopic (exact) mass is 786 g/mol. The van der Waals surface area contributed by atoms with Crippen LogP contribution in [0, 0.1) is 23.5 Å². The normalized spacial score (nSPS) is 22.1. The number of carboxylic acid groups (broad SMARTS) is 1. The summed E-state index contributed by atoms with van der Waals surface area (Å²) in [5.74, 6) is -1.00. The molecule has 13 heteroatoms. The number of hydrogen-bond donors (Lipinski definition) is 5. The van der Waals surface area contributed by atoms with E-state index in [1.54, 1.807) is 24.3 Å². The van der Waals surface area contributed by atoms with Crippen LogP contribution in [0.3, 0.4) is 0 Å². The van der Waals surface area contributed by atoms with Crippen molar-refractivity contribution in [3.8, 4) is 0 Å². The molecule has 4 aromatic carbocycles. The Kier molecular flexibility index (Phi) is 14.6. The van der Waals surface area contributed by atoms with E-state index >= 15 is 0 Å². The number of benzene rings is 4. The van der Waals surface area contributed by atoms with Gasteiger partial charge in [-0.05, 0) is 71.2 Å². The van der Waals surface area contributed by atoms with Crippen LogP contribution in [0.1, 0.15) is 59.0 Å². The topological polar surface area (TPSA) is 158 Å². The Morgan fingerprint density at radius 1 is 0.684 bits per heavy atom. The van der Waals surface area contributed by atoms with Gasteiger partial charge < -0.3 is 45.6 Å². The van der Waals surface area contributed by atoms with Gasteiger partial charge in [0.2, 0.25) is 5.91 Å². The van der Waals surface area contributed by atoms with Gasteiger partial charge in [0.1, 0.15) is 11.6 Å². The molecule has 0 bridgehead atoms. The number of ether oxygens (including phenoxy) is 2. The lowest BCUT2D eigenvalue weighted by Crippen LogP contribution is -2.37. The van der Waals surface area contributed by atoms with Crippen LogP contribution in [0.2, 0.25) is 0 Å². The van der Waals surface area contributed by atoms with Gasteiger partial charge in [-0.3, -0.25) is 9.59 Å². The summed E-state index contributed by atoms with van der Waals surface area (Å²) >= 11 is 0. The van der Waals surface area contributed by atoms with Gasteiger partial charge in [-0.1, -0.05) is 72.8 Å². The van der Waals surface area contributed by atoms with Gasteiger partial charge in [-0.15, -0.1) is 0 Å². The minimum atomic E-state index is -0.663. The maximum absolute atomic E-state index is 14.3. The molecule has 2 heterocycles. The highest BCUT2D eigenvalue weighted by atomic mass is 19.1. The lowest BCUT2D eigenvalue weighted by molar-refractivity contribution is -0.138. The zero-order valence-electron chi connectivity index (χ0n) is 31.9. The second kappa shape index (κ2) is 20.0. The highest BCUT2D eigenvalue weighted by molar-refractivity contribution is 5.83. The number of aliphatic carboxylic acids is 1. The number of aliphatic hydroxyl groups is 2. The number of halogens is 2. The van der Waals surface area contributed by atoms with Crippen molar-refractivity contribution in [2.75, 3.05) is 75.6 Å². The zero-order chi connectivity index (χ0) is 40.3. The SMILES string of the molecule is N[C@@H](CO)c1ccc(F)c(N2CCOCC2)c1.O=C(N[C@@H](CO)c1ccc(F)c(N2CCOCC2)c1)C1CC1c1ccccc1.O=C(O)C1CC1c1ccccc1. The summed E-state index contributed by atoms with van der Waals surface area (Å²) in [6.07, 6.45) is 1.62. The molecule has 2 saturated carbocycles. The number of carbonyl (C=O) groups excluding carboxylic acids is 1. The molecule has 0 radical (unpaired) electrons. The van der Waals surface area contributed by atoms with Crippen molar-refractivity contribution < 1.29 is 43.2 Å². The maximum atomic E-state index is 14.3. The van der Waals surface area contributed by atoms with Gasteiger partial charge in [-0.25, -0.2) is 8.78 Å². The third-order valence-corrected chi connectivity index (χ3v) is 10.9. The predicted molar refractivity (Wildman–Crippen MR) is 213 cm³/mol. The van der Waals surface area contributed by atoms with Gasteiger partial charge in [-0.2, -0.15) is 0 Å². The number of morpholine rings is 2. The minimum Gasteiger partial charge on any atom is -0.481 e. The molecule has 4 aromatic rings. The molecule has 0 aromatic heterocycles. The van der Waals surface area contributed by atoms with Crippen LogP contribution < -0.4 is 20.9 Å². The molecule has 4 fully saturated rings. The number of nitrogens with two attached hydrogens (primary N) is 1. The van der Waals surface area contributed by atoms with Crippen LogP contribution >= 0.6 is 0 Å². The second-order valence-electron chi connectivity index (χ2n) is 14.7. The smallest absolute Gasteiger partial charge is 0.307 e. The maximum Gasteiger partial charge on any atom is 0.307 e. The van der Waals surface area contributed by atoms with Crippen LogP contribution in [0.5, 0.6) is 0 Å². The van der Waals surface area contributed by atoms with Crippen molar-refractivity contribution in [1.82, 2.24) is 5.32 Å². The number of rotatable bonds is 11. The Morgan fingerprint density at radius 3 is 1.60 bits per heavy atom. The van der Waals surface area contributed by atoms with Crippen molar-refractivity contribution in [3.63, 3.8) is 0 Å². The van der Waals surface area contributed by atoms with E-state index in [0.717, 1.165) is 24.0 Å². The molecule has 2 saturated heterocycles. The number of carbonyl (C=O) groups is 2. The molecular formula is C44H52F2N4O7. The van der Waals surface area contributed by atoms with Gasteiger partial charge in [0, 0.05) is 32.1 Å². The van der Waals surface area contributed by atoms with Crippen molar-refractivity contribution in [1.29, 1.82) is 0 Å². The number of nitrogens with zero attached hydrogens (tertiary/aromatic N) is 2. The van der Waals surface area contributed by atoms with Gasteiger partial charge >= 0.3 is 5.97 Å². The summed E-state index contributed by atoms with van der Waals surface area (Å²) in [6, 6.07) is 28.3. The van der Waals surface area contributed by atoms with E-state index in [1.807, 2.05) is 70.5 Å². The quantitative estimate of drug-likeness (QED) is 0.138. The molecular weight excluding hydrogens is 735 g/mol. The lowest BCUT2D eigenvalue weighted by atomic mass is 10.0. The molecule has 8 rings (SSSR count). The molecule has 11 nitrogen and oxygen atoms in total. The summed E-state index contributed by atoms with van der Waals surface area (Å²) in [5.41, 5.74) is 10.5. The molecule has 304 valence electrons. The van der Waals surface area contributed by atoms with Crippen LogP contribution in [0.4, 0.5) is 20.2 Å². The fourth-order valence-electron chi connectivity index (χ4n) is 7.31. The number of hydrogen-bond acceptors (Lipinski definition) is 9. The third kappa shape index (κ3) is 11.1. The minimum absolute atomic E-state index is 0.0647. The molecule has 4 aliphatic rings. The molecule has 2 aliphatic heterocycles. The van der Waals surface area contributed by atoms with Crippen LogP contribution in [0.25, 0.3) is 0 Å². The van der Waals surface area contributed by atoms with Crippen molar-refractivity contribution in [2.24, 2.45) is 17.6 Å². The summed E-state index contributed by atoms with van der Waals surface area (Å²) in [5, 5.41) is 30.5. The Hall–Kier alpha value is -4.92. The summed E-state index contributed by atoms with van der Waals surface area (Å²) in [4.78, 5) is 27.1. The fraction of sp³-hybridized carbons (Fsp3) is 0.409. The van der Waals surface area contributed by atoms with E-state index in [2.05, 4.69) is 5.32 Å². The molecule has 2 aliphatic carbocycles. The van der Waals surface area contributed by atoms with Crippen molar-refractivity contribution in [3.05, 3.63) is 131 Å². The summed E-state index contributed by atoms with van der Waals surface area (Å²) in [6.45, 7) is 4.55. The van der Waals surface area contributed by atoms with Crippen LogP contribution in [-0.4, -0.2) is 93.0 Å². The van der Waals surface area contributed by atoms with Gasteiger partial charge in [0.25, 0.3) is 0 Å². The van der Waals surface area contributed by atoms with Crippen molar-refractivity contribution >= 4 is 23.3 Å². The highest BCUT2D eigenvalue weighted by Crippen LogP contribution is 2.48. The Labute approximate surface area is 332 Å². The fourth-order valence-corrected chi connectivity index (χ4v) is 7.31. The van der Waals surface area contributed by atoms with Gasteiger partial charge in [0.05, 0.1) is 69.0 Å². The molecule has 6 N–H and O–H groups in total. The zero-order valence-corrected chi connectivity index (χ0v) is 31.9. The highest BCUT2D eigenvalue weighted by Gasteiger charge is 2.45. The summed E-state index contributed by atoms with van der Waals surface area (Å²) < 4.78 is 38.6.